The molecule has 1 aromatic heterocycles. The Hall–Kier alpha value is -2.71. The van der Waals surface area contributed by atoms with Crippen molar-refractivity contribution in [1.29, 1.82) is 0 Å². The molecule has 1 heterocycles. The van der Waals surface area contributed by atoms with Crippen molar-refractivity contribution in [2.45, 2.75) is 24.1 Å². The van der Waals surface area contributed by atoms with E-state index in [1.165, 1.54) is 24.3 Å². The molecule has 0 fully saturated rings. The third-order valence-corrected chi connectivity index (χ3v) is 5.61. The van der Waals surface area contributed by atoms with Gasteiger partial charge in [0.05, 0.1) is 4.90 Å². The molecule has 0 radical (unpaired) electrons. The molecule has 140 valence electrons. The van der Waals surface area contributed by atoms with E-state index in [-0.39, 0.29) is 16.6 Å². The van der Waals surface area contributed by atoms with Gasteiger partial charge in [-0.15, -0.1) is 0 Å². The lowest BCUT2D eigenvalue weighted by Crippen LogP contribution is -2.23. The van der Waals surface area contributed by atoms with Gasteiger partial charge in [-0.1, -0.05) is 46.6 Å². The first-order valence-corrected chi connectivity index (χ1v) is 10.0. The minimum atomic E-state index is -3.68. The average molecular weight is 406 g/mol. The molecule has 0 unspecified atom stereocenters. The predicted octanol–water partition coefficient (Wildman–Crippen LogP) is 2.94. The molecule has 0 spiro atoms. The Bertz CT molecular complexity index is 1040. The number of hydrogen-bond acceptors (Lipinski definition) is 6. The molecule has 0 saturated carbocycles. The Balaban J connectivity index is 1.64. The fourth-order valence-electron chi connectivity index (χ4n) is 2.26. The van der Waals surface area contributed by atoms with Crippen LogP contribution in [0.15, 0.2) is 57.9 Å². The minimum absolute atomic E-state index is 0.0853. The molecule has 0 saturated heterocycles. The summed E-state index contributed by atoms with van der Waals surface area (Å²) in [4.78, 5) is 16.1. The van der Waals surface area contributed by atoms with Crippen LogP contribution in [0.4, 0.5) is 0 Å². The van der Waals surface area contributed by atoms with Crippen LogP contribution in [-0.2, 0) is 22.1 Å². The molecule has 1 amide bonds. The number of rotatable bonds is 6. The summed E-state index contributed by atoms with van der Waals surface area (Å²) in [6.45, 7) is 2.26. The van der Waals surface area contributed by atoms with Crippen molar-refractivity contribution in [3.05, 3.63) is 76.4 Å². The zero-order valence-corrected chi connectivity index (χ0v) is 15.9. The smallest absolute Gasteiger partial charge is 0.315 e. The Labute approximate surface area is 161 Å². The van der Waals surface area contributed by atoms with Crippen molar-refractivity contribution < 1.29 is 17.7 Å². The maximum Gasteiger partial charge on any atom is 0.315 e. The van der Waals surface area contributed by atoms with Crippen molar-refractivity contribution in [3.63, 3.8) is 0 Å². The molecule has 0 aliphatic heterocycles. The number of nitrogens with one attached hydrogen (secondary N) is 1. The second kappa shape index (κ2) is 7.89. The summed E-state index contributed by atoms with van der Waals surface area (Å²) in [7, 11) is -3.68. The Morgan fingerprint density at radius 1 is 1.11 bits per heavy atom. The lowest BCUT2D eigenvalue weighted by molar-refractivity contribution is 0.0907. The van der Waals surface area contributed by atoms with Crippen LogP contribution in [0.5, 0.6) is 0 Å². The van der Waals surface area contributed by atoms with Gasteiger partial charge in [-0.2, -0.15) is 4.98 Å². The van der Waals surface area contributed by atoms with Gasteiger partial charge in [-0.3, -0.25) is 4.79 Å². The van der Waals surface area contributed by atoms with Gasteiger partial charge in [-0.25, -0.2) is 8.42 Å². The normalized spacial score (nSPS) is 11.3. The summed E-state index contributed by atoms with van der Waals surface area (Å²) in [5.41, 5.74) is 2.03. The van der Waals surface area contributed by atoms with Crippen LogP contribution < -0.4 is 5.32 Å². The number of sulfone groups is 1. The molecular weight excluding hydrogens is 390 g/mol. The molecule has 7 nitrogen and oxygen atoms in total. The van der Waals surface area contributed by atoms with E-state index in [2.05, 4.69) is 15.5 Å². The second-order valence-electron chi connectivity index (χ2n) is 5.90. The predicted molar refractivity (Wildman–Crippen MR) is 99.0 cm³/mol. The van der Waals surface area contributed by atoms with E-state index in [4.69, 9.17) is 16.1 Å². The molecule has 0 atom stereocenters. The summed E-state index contributed by atoms with van der Waals surface area (Å²) in [5.74, 6) is -1.43. The highest BCUT2D eigenvalue weighted by atomic mass is 35.5. The number of benzene rings is 2. The zero-order valence-electron chi connectivity index (χ0n) is 14.3. The summed E-state index contributed by atoms with van der Waals surface area (Å²) in [6.07, 6.45) is 0. The van der Waals surface area contributed by atoms with E-state index in [0.29, 0.717) is 11.6 Å². The topological polar surface area (TPSA) is 102 Å². The number of aryl methyl sites for hydroxylation is 1. The standard InChI is InChI=1S/C18H16ClN3O4S/c1-12-2-4-13(5-3-12)10-20-17(23)18-21-16(22-26-18)11-27(24,25)15-8-6-14(19)7-9-15/h2-9H,10-11H2,1H3,(H,20,23). The monoisotopic (exact) mass is 405 g/mol. The minimum Gasteiger partial charge on any atom is -0.344 e. The summed E-state index contributed by atoms with van der Waals surface area (Å²) in [5, 5.41) is 6.66. The first kappa shape index (κ1) is 19.1. The second-order valence-corrected chi connectivity index (χ2v) is 8.32. The van der Waals surface area contributed by atoms with Crippen molar-refractivity contribution in [2.75, 3.05) is 0 Å². The molecular formula is C18H16ClN3O4S. The quantitative estimate of drug-likeness (QED) is 0.676. The highest BCUT2D eigenvalue weighted by Crippen LogP contribution is 2.18. The SMILES string of the molecule is Cc1ccc(CNC(=O)c2nc(CS(=O)(=O)c3ccc(Cl)cc3)no2)cc1. The number of carbonyl (C=O) groups excluding carboxylic acids is 1. The van der Waals surface area contributed by atoms with Crippen LogP contribution in [0.1, 0.15) is 27.6 Å². The molecule has 3 rings (SSSR count). The van der Waals surface area contributed by atoms with Gasteiger partial charge >= 0.3 is 11.8 Å². The van der Waals surface area contributed by atoms with E-state index in [0.717, 1.165) is 11.1 Å². The molecule has 27 heavy (non-hydrogen) atoms. The maximum absolute atomic E-state index is 12.4. The maximum atomic E-state index is 12.4. The molecule has 1 N–H and O–H groups in total. The van der Waals surface area contributed by atoms with Crippen LogP contribution in [0.2, 0.25) is 5.02 Å². The third-order valence-electron chi connectivity index (χ3n) is 3.73. The lowest BCUT2D eigenvalue weighted by atomic mass is 10.1. The molecule has 3 aromatic rings. The zero-order chi connectivity index (χ0) is 19.4. The number of nitrogens with zero attached hydrogens (tertiary/aromatic N) is 2. The van der Waals surface area contributed by atoms with Crippen LogP contribution in [0, 0.1) is 6.92 Å². The van der Waals surface area contributed by atoms with Gasteiger partial charge in [0.1, 0.15) is 5.75 Å². The van der Waals surface area contributed by atoms with Gasteiger partial charge in [0.2, 0.25) is 0 Å². The molecule has 0 aliphatic carbocycles. The molecule has 0 aliphatic rings. The summed E-state index contributed by atoms with van der Waals surface area (Å²) in [6, 6.07) is 13.4. The van der Waals surface area contributed by atoms with Crippen molar-refractivity contribution in [1.82, 2.24) is 15.5 Å². The summed E-state index contributed by atoms with van der Waals surface area (Å²) >= 11 is 5.76. The molecule has 9 heteroatoms. The van der Waals surface area contributed by atoms with Gasteiger partial charge in [-0.05, 0) is 36.8 Å². The van der Waals surface area contributed by atoms with Crippen LogP contribution in [-0.4, -0.2) is 24.5 Å². The fourth-order valence-corrected chi connectivity index (χ4v) is 3.56. The van der Waals surface area contributed by atoms with Crippen LogP contribution in [0.25, 0.3) is 0 Å². The van der Waals surface area contributed by atoms with Gasteiger partial charge in [0.25, 0.3) is 0 Å². The Morgan fingerprint density at radius 2 is 1.78 bits per heavy atom. The first-order chi connectivity index (χ1) is 12.8. The number of hydrogen-bond donors (Lipinski definition) is 1. The van der Waals surface area contributed by atoms with Gasteiger partial charge in [0.15, 0.2) is 15.7 Å². The number of halogens is 1. The van der Waals surface area contributed by atoms with Crippen LogP contribution >= 0.6 is 11.6 Å². The van der Waals surface area contributed by atoms with E-state index >= 15 is 0 Å². The van der Waals surface area contributed by atoms with E-state index < -0.39 is 21.5 Å². The van der Waals surface area contributed by atoms with E-state index in [1.54, 1.807) is 0 Å². The number of aromatic nitrogens is 2. The fraction of sp³-hybridized carbons (Fsp3) is 0.167. The van der Waals surface area contributed by atoms with Gasteiger partial charge < -0.3 is 9.84 Å². The van der Waals surface area contributed by atoms with E-state index in [9.17, 15) is 13.2 Å². The number of amides is 1. The largest absolute Gasteiger partial charge is 0.344 e. The van der Waals surface area contributed by atoms with E-state index in [1.807, 2.05) is 31.2 Å². The highest BCUT2D eigenvalue weighted by molar-refractivity contribution is 7.90. The lowest BCUT2D eigenvalue weighted by Gasteiger charge is -2.02. The van der Waals surface area contributed by atoms with Crippen molar-refractivity contribution in [2.24, 2.45) is 0 Å². The highest BCUT2D eigenvalue weighted by Gasteiger charge is 2.21. The Kier molecular flexibility index (Phi) is 5.57. The first-order valence-electron chi connectivity index (χ1n) is 7.98. The third kappa shape index (κ3) is 4.93. The van der Waals surface area contributed by atoms with Crippen molar-refractivity contribution >= 4 is 27.3 Å². The average Bonchev–Trinajstić information content (AvgIpc) is 3.09. The Morgan fingerprint density at radius 3 is 2.44 bits per heavy atom. The molecule has 0 bridgehead atoms. The van der Waals surface area contributed by atoms with Crippen molar-refractivity contribution in [3.8, 4) is 0 Å². The number of carbonyl (C=O) groups is 1. The van der Waals surface area contributed by atoms with Crippen LogP contribution in [0.3, 0.4) is 0 Å². The summed E-state index contributed by atoms with van der Waals surface area (Å²) < 4.78 is 29.6. The van der Waals surface area contributed by atoms with Gasteiger partial charge in [0, 0.05) is 11.6 Å². The molecule has 2 aromatic carbocycles.